The van der Waals surface area contributed by atoms with Crippen molar-refractivity contribution < 1.29 is 9.21 Å². The fraction of sp³-hybridized carbons (Fsp3) is 0.316. The lowest BCUT2D eigenvalue weighted by molar-refractivity contribution is -0.120. The molecular weight excluding hydrogens is 471 g/mol. The average Bonchev–Trinajstić information content (AvgIpc) is 3.28. The second kappa shape index (κ2) is 8.63. The summed E-state index contributed by atoms with van der Waals surface area (Å²) in [5.74, 6) is 1.55. The van der Waals surface area contributed by atoms with Crippen LogP contribution >= 0.6 is 24.0 Å². The van der Waals surface area contributed by atoms with Crippen LogP contribution in [-0.4, -0.2) is 53.2 Å². The molecule has 1 aliphatic heterocycles. The molecule has 0 spiro atoms. The first kappa shape index (κ1) is 20.2. The first-order valence-corrected chi connectivity index (χ1v) is 8.86. The van der Waals surface area contributed by atoms with E-state index in [-0.39, 0.29) is 36.4 Å². The topological polar surface area (TPSA) is 78.9 Å². The van der Waals surface area contributed by atoms with Gasteiger partial charge in [0.05, 0.1) is 18.4 Å². The summed E-state index contributed by atoms with van der Waals surface area (Å²) in [6, 6.07) is 9.93. The standard InChI is InChI=1S/C19H22N6O2.HI/c1-20-19(21-11-16-9-14-5-3-4-6-17(14)27-16)24-7-8-25(18(26)13-24)15-10-22-23(2)12-15;/h3-6,9-10,12H,7-8,11,13H2,1-2H3,(H,20,21);1H. The highest BCUT2D eigenvalue weighted by atomic mass is 127. The molecule has 1 amide bonds. The van der Waals surface area contributed by atoms with Crippen LogP contribution in [0.3, 0.4) is 0 Å². The van der Waals surface area contributed by atoms with Crippen molar-refractivity contribution >= 4 is 52.5 Å². The molecule has 1 saturated heterocycles. The van der Waals surface area contributed by atoms with Crippen LogP contribution < -0.4 is 10.2 Å². The maximum absolute atomic E-state index is 12.6. The fourth-order valence-corrected chi connectivity index (χ4v) is 3.30. The van der Waals surface area contributed by atoms with E-state index in [1.807, 2.05) is 48.5 Å². The Morgan fingerprint density at radius 3 is 2.82 bits per heavy atom. The van der Waals surface area contributed by atoms with Gasteiger partial charge in [-0.25, -0.2) is 0 Å². The van der Waals surface area contributed by atoms with Gasteiger partial charge >= 0.3 is 0 Å². The Labute approximate surface area is 180 Å². The summed E-state index contributed by atoms with van der Waals surface area (Å²) in [6.45, 7) is 2.07. The van der Waals surface area contributed by atoms with E-state index in [4.69, 9.17) is 4.42 Å². The zero-order valence-electron chi connectivity index (χ0n) is 15.8. The van der Waals surface area contributed by atoms with E-state index in [0.717, 1.165) is 22.4 Å². The predicted octanol–water partition coefficient (Wildman–Crippen LogP) is 2.21. The number of nitrogens with zero attached hydrogens (tertiary/aromatic N) is 5. The number of carbonyl (C=O) groups is 1. The number of furan rings is 1. The highest BCUT2D eigenvalue weighted by Gasteiger charge is 2.27. The molecule has 1 fully saturated rings. The van der Waals surface area contributed by atoms with E-state index in [9.17, 15) is 4.79 Å². The summed E-state index contributed by atoms with van der Waals surface area (Å²) < 4.78 is 7.53. The third kappa shape index (κ3) is 4.13. The zero-order valence-corrected chi connectivity index (χ0v) is 18.2. The normalized spacial score (nSPS) is 15.1. The number of halogens is 1. The first-order valence-electron chi connectivity index (χ1n) is 8.86. The Balaban J connectivity index is 0.00000225. The number of anilines is 1. The molecule has 3 heterocycles. The van der Waals surface area contributed by atoms with Gasteiger partial charge in [0.15, 0.2) is 5.96 Å². The van der Waals surface area contributed by atoms with E-state index in [0.29, 0.717) is 25.6 Å². The third-order valence-corrected chi connectivity index (χ3v) is 4.63. The van der Waals surface area contributed by atoms with E-state index < -0.39 is 0 Å². The number of carbonyl (C=O) groups excluding carboxylic acids is 1. The monoisotopic (exact) mass is 494 g/mol. The van der Waals surface area contributed by atoms with Crippen molar-refractivity contribution in [2.24, 2.45) is 12.0 Å². The van der Waals surface area contributed by atoms with Crippen LogP contribution in [0, 0.1) is 0 Å². The number of aliphatic imine (C=N–C) groups is 1. The van der Waals surface area contributed by atoms with Crippen molar-refractivity contribution in [3.05, 3.63) is 48.5 Å². The molecule has 9 heteroatoms. The molecule has 0 bridgehead atoms. The Hall–Kier alpha value is -2.56. The molecular formula is C19H23IN6O2. The Kier molecular flexibility index (Phi) is 6.22. The lowest BCUT2D eigenvalue weighted by atomic mass is 10.2. The third-order valence-electron chi connectivity index (χ3n) is 4.63. The number of piperazine rings is 1. The molecule has 1 aromatic carbocycles. The van der Waals surface area contributed by atoms with Crippen LogP contribution in [-0.2, 0) is 18.4 Å². The van der Waals surface area contributed by atoms with Gasteiger partial charge in [0.2, 0.25) is 5.91 Å². The van der Waals surface area contributed by atoms with E-state index >= 15 is 0 Å². The summed E-state index contributed by atoms with van der Waals surface area (Å²) in [4.78, 5) is 20.6. The summed E-state index contributed by atoms with van der Waals surface area (Å²) in [6.07, 6.45) is 3.56. The number of nitrogens with one attached hydrogen (secondary N) is 1. The zero-order chi connectivity index (χ0) is 18.8. The summed E-state index contributed by atoms with van der Waals surface area (Å²) in [7, 11) is 3.56. The average molecular weight is 494 g/mol. The summed E-state index contributed by atoms with van der Waals surface area (Å²) >= 11 is 0. The molecule has 148 valence electrons. The minimum atomic E-state index is 0. The van der Waals surface area contributed by atoms with Gasteiger partial charge < -0.3 is 19.5 Å². The number of aromatic nitrogens is 2. The van der Waals surface area contributed by atoms with E-state index in [1.54, 1.807) is 22.8 Å². The number of guanidine groups is 1. The molecule has 0 unspecified atom stereocenters. The van der Waals surface area contributed by atoms with Crippen molar-refractivity contribution in [2.75, 3.05) is 31.6 Å². The molecule has 0 atom stereocenters. The number of benzene rings is 1. The first-order chi connectivity index (χ1) is 13.1. The highest BCUT2D eigenvalue weighted by Crippen LogP contribution is 2.19. The molecule has 3 aromatic rings. The molecule has 1 N–H and O–H groups in total. The van der Waals surface area contributed by atoms with Crippen molar-refractivity contribution in [3.63, 3.8) is 0 Å². The minimum Gasteiger partial charge on any atom is -0.459 e. The molecule has 0 radical (unpaired) electrons. The second-order valence-electron chi connectivity index (χ2n) is 6.49. The Bertz CT molecular complexity index is 962. The number of fused-ring (bicyclic) bond motifs is 1. The van der Waals surface area contributed by atoms with Crippen molar-refractivity contribution in [1.82, 2.24) is 20.0 Å². The van der Waals surface area contributed by atoms with Crippen LogP contribution in [0.5, 0.6) is 0 Å². The van der Waals surface area contributed by atoms with Gasteiger partial charge in [-0.1, -0.05) is 18.2 Å². The molecule has 8 nitrogen and oxygen atoms in total. The van der Waals surface area contributed by atoms with Crippen molar-refractivity contribution in [1.29, 1.82) is 0 Å². The minimum absolute atomic E-state index is 0. The van der Waals surface area contributed by atoms with Gasteiger partial charge in [-0.2, -0.15) is 5.10 Å². The number of rotatable bonds is 3. The number of hydrogen-bond donors (Lipinski definition) is 1. The predicted molar refractivity (Wildman–Crippen MR) is 119 cm³/mol. The Morgan fingerprint density at radius 2 is 2.14 bits per heavy atom. The van der Waals surface area contributed by atoms with E-state index in [2.05, 4.69) is 15.4 Å². The van der Waals surface area contributed by atoms with Gasteiger partial charge in [0.25, 0.3) is 0 Å². The molecule has 1 aliphatic rings. The molecule has 2 aromatic heterocycles. The molecule has 0 saturated carbocycles. The quantitative estimate of drug-likeness (QED) is 0.343. The summed E-state index contributed by atoms with van der Waals surface area (Å²) in [5.41, 5.74) is 1.69. The number of amides is 1. The maximum Gasteiger partial charge on any atom is 0.246 e. The number of aryl methyl sites for hydroxylation is 1. The fourth-order valence-electron chi connectivity index (χ4n) is 3.30. The van der Waals surface area contributed by atoms with Crippen LogP contribution in [0.4, 0.5) is 5.69 Å². The van der Waals surface area contributed by atoms with Gasteiger partial charge in [0.1, 0.15) is 17.9 Å². The molecule has 0 aliphatic carbocycles. The number of hydrogen-bond acceptors (Lipinski definition) is 4. The van der Waals surface area contributed by atoms with Gasteiger partial charge in [-0.15, -0.1) is 24.0 Å². The van der Waals surface area contributed by atoms with Crippen molar-refractivity contribution in [3.8, 4) is 0 Å². The highest BCUT2D eigenvalue weighted by molar-refractivity contribution is 14.0. The van der Waals surface area contributed by atoms with Gasteiger partial charge in [-0.3, -0.25) is 14.5 Å². The second-order valence-corrected chi connectivity index (χ2v) is 6.49. The lowest BCUT2D eigenvalue weighted by Gasteiger charge is -2.35. The van der Waals surface area contributed by atoms with Crippen molar-refractivity contribution in [2.45, 2.75) is 6.54 Å². The lowest BCUT2D eigenvalue weighted by Crippen LogP contribution is -2.55. The van der Waals surface area contributed by atoms with Crippen LogP contribution in [0.25, 0.3) is 11.0 Å². The van der Waals surface area contributed by atoms with Gasteiger partial charge in [0, 0.05) is 38.8 Å². The smallest absolute Gasteiger partial charge is 0.246 e. The largest absolute Gasteiger partial charge is 0.459 e. The van der Waals surface area contributed by atoms with Crippen LogP contribution in [0.2, 0.25) is 0 Å². The maximum atomic E-state index is 12.6. The summed E-state index contributed by atoms with van der Waals surface area (Å²) in [5, 5.41) is 8.50. The van der Waals surface area contributed by atoms with E-state index in [1.165, 1.54) is 0 Å². The molecule has 4 rings (SSSR count). The van der Waals surface area contributed by atoms with Gasteiger partial charge in [-0.05, 0) is 12.1 Å². The Morgan fingerprint density at radius 1 is 1.32 bits per heavy atom. The number of para-hydroxylation sites is 1. The van der Waals surface area contributed by atoms with Crippen LogP contribution in [0.1, 0.15) is 5.76 Å². The molecule has 28 heavy (non-hydrogen) atoms. The van der Waals surface area contributed by atoms with Crippen LogP contribution in [0.15, 0.2) is 52.1 Å². The SMILES string of the molecule is CN=C(NCc1cc2ccccc2o1)N1CCN(c2cnn(C)c2)C(=O)C1.I.